The molecule has 3 amide bonds. The minimum atomic E-state index is -0.568. The Morgan fingerprint density at radius 2 is 1.71 bits per heavy atom. The second-order valence-electron chi connectivity index (χ2n) is 9.20. The number of likely N-dealkylation sites (N-methyl/N-ethyl adjacent to an activating group) is 1. The second-order valence-corrected chi connectivity index (χ2v) is 9.64. The lowest BCUT2D eigenvalue weighted by Gasteiger charge is -2.40. The van der Waals surface area contributed by atoms with Crippen LogP contribution in [0.3, 0.4) is 0 Å². The molecule has 0 aromatic heterocycles. The zero-order valence-corrected chi connectivity index (χ0v) is 20.2. The number of hydrogen-bond acceptors (Lipinski definition) is 6. The molecule has 2 aromatic carbocycles. The first kappa shape index (κ1) is 22.7. The third-order valence-electron chi connectivity index (χ3n) is 6.72. The number of aryl methyl sites for hydroxylation is 1. The maximum Gasteiger partial charge on any atom is 0.325 e. The zero-order chi connectivity index (χ0) is 23.8. The van der Waals surface area contributed by atoms with Gasteiger partial charge in [0.1, 0.15) is 0 Å². The molecule has 3 aliphatic rings. The van der Waals surface area contributed by atoms with Crippen molar-refractivity contribution in [2.75, 3.05) is 33.2 Å². The highest BCUT2D eigenvalue weighted by Gasteiger charge is 2.49. The van der Waals surface area contributed by atoms with Crippen molar-refractivity contribution >= 4 is 29.5 Å². The standard InChI is InChI=1S/C25H29ClN6O2/c1-17-5-3-6-18(13-17)15-30-9-11-31(12-10-30)24-27-22-21(23(33)28-25(34)29(22)2)32(24)16-19-7-4-8-20(26)14-19/h3-8,13-14,21-22H,9-12,15-16H2,1-2H3,(H,28,33,34). The molecule has 1 N–H and O–H groups in total. The van der Waals surface area contributed by atoms with E-state index in [0.717, 1.165) is 44.2 Å². The summed E-state index contributed by atoms with van der Waals surface area (Å²) >= 11 is 6.22. The average molecular weight is 481 g/mol. The van der Waals surface area contributed by atoms with Gasteiger partial charge in [0, 0.05) is 51.3 Å². The summed E-state index contributed by atoms with van der Waals surface area (Å²) in [6.07, 6.45) is -0.541. The van der Waals surface area contributed by atoms with Crippen LogP contribution in [0.2, 0.25) is 5.02 Å². The van der Waals surface area contributed by atoms with Crippen molar-refractivity contribution < 1.29 is 9.59 Å². The number of piperazine rings is 1. The minimum absolute atomic E-state index is 0.313. The van der Waals surface area contributed by atoms with Gasteiger partial charge in [-0.1, -0.05) is 53.6 Å². The summed E-state index contributed by atoms with van der Waals surface area (Å²) in [6, 6.07) is 15.3. The van der Waals surface area contributed by atoms with Crippen LogP contribution >= 0.6 is 11.6 Å². The quantitative estimate of drug-likeness (QED) is 0.728. The molecule has 8 nitrogen and oxygen atoms in total. The van der Waals surface area contributed by atoms with Crippen molar-refractivity contribution in [1.29, 1.82) is 0 Å². The lowest BCUT2D eigenvalue weighted by atomic mass is 10.1. The number of nitrogens with one attached hydrogen (secondary N) is 1. The number of carbonyl (C=O) groups excluding carboxylic acids is 2. The summed E-state index contributed by atoms with van der Waals surface area (Å²) in [7, 11) is 1.68. The molecule has 0 saturated carbocycles. The van der Waals surface area contributed by atoms with E-state index in [1.165, 1.54) is 16.0 Å². The van der Waals surface area contributed by atoms with E-state index in [2.05, 4.69) is 46.3 Å². The molecular weight excluding hydrogens is 452 g/mol. The SMILES string of the molecule is Cc1cccc(CN2CCN(C3=NC4C(C(=O)NC(=O)N4C)N3Cc3cccc(Cl)c3)CC2)c1. The van der Waals surface area contributed by atoms with E-state index in [4.69, 9.17) is 16.6 Å². The molecule has 0 radical (unpaired) electrons. The van der Waals surface area contributed by atoms with Crippen LogP contribution in [-0.2, 0) is 17.9 Å². The van der Waals surface area contributed by atoms with E-state index in [1.54, 1.807) is 7.05 Å². The molecular formula is C25H29ClN6O2. The first-order chi connectivity index (χ1) is 16.4. The average Bonchev–Trinajstić information content (AvgIpc) is 3.18. The van der Waals surface area contributed by atoms with Crippen LogP contribution < -0.4 is 5.32 Å². The van der Waals surface area contributed by atoms with Gasteiger partial charge in [-0.25, -0.2) is 9.79 Å². The summed E-state index contributed by atoms with van der Waals surface area (Å²) in [6.45, 7) is 6.91. The van der Waals surface area contributed by atoms with Gasteiger partial charge >= 0.3 is 6.03 Å². The molecule has 2 atom stereocenters. The molecule has 3 heterocycles. The largest absolute Gasteiger partial charge is 0.340 e. The Kier molecular flexibility index (Phi) is 6.18. The molecule has 2 unspecified atom stereocenters. The highest BCUT2D eigenvalue weighted by atomic mass is 35.5. The van der Waals surface area contributed by atoms with Gasteiger partial charge in [0.2, 0.25) is 0 Å². The number of fused-ring (bicyclic) bond motifs is 1. The van der Waals surface area contributed by atoms with Gasteiger partial charge in [0.25, 0.3) is 5.91 Å². The van der Waals surface area contributed by atoms with E-state index in [1.807, 2.05) is 29.2 Å². The highest BCUT2D eigenvalue weighted by molar-refractivity contribution is 6.30. The number of rotatable bonds is 4. The second kappa shape index (κ2) is 9.27. The zero-order valence-electron chi connectivity index (χ0n) is 19.4. The van der Waals surface area contributed by atoms with Crippen LogP contribution in [-0.4, -0.2) is 82.9 Å². The number of guanidine groups is 1. The van der Waals surface area contributed by atoms with Gasteiger partial charge in [-0.2, -0.15) is 0 Å². The van der Waals surface area contributed by atoms with Crippen LogP contribution in [0.4, 0.5) is 4.79 Å². The molecule has 178 valence electrons. The Balaban J connectivity index is 1.35. The van der Waals surface area contributed by atoms with E-state index in [9.17, 15) is 9.59 Å². The Hall–Kier alpha value is -3.10. The summed E-state index contributed by atoms with van der Waals surface area (Å²) in [5, 5.41) is 3.12. The number of amides is 3. The van der Waals surface area contributed by atoms with Gasteiger partial charge < -0.3 is 14.7 Å². The fraction of sp³-hybridized carbons (Fsp3) is 0.400. The molecule has 2 fully saturated rings. The number of aliphatic imine (C=N–C) groups is 1. The molecule has 5 rings (SSSR count). The Morgan fingerprint density at radius 1 is 1.00 bits per heavy atom. The van der Waals surface area contributed by atoms with Gasteiger partial charge in [0.05, 0.1) is 0 Å². The van der Waals surface area contributed by atoms with Gasteiger partial charge in [-0.15, -0.1) is 0 Å². The number of halogens is 1. The normalized spacial score (nSPS) is 23.1. The predicted molar refractivity (Wildman–Crippen MR) is 131 cm³/mol. The molecule has 2 aromatic rings. The summed E-state index contributed by atoms with van der Waals surface area (Å²) in [5.74, 6) is 0.453. The van der Waals surface area contributed by atoms with Crippen molar-refractivity contribution in [1.82, 2.24) is 24.9 Å². The minimum Gasteiger partial charge on any atom is -0.340 e. The first-order valence-electron chi connectivity index (χ1n) is 11.6. The van der Waals surface area contributed by atoms with Crippen molar-refractivity contribution in [2.24, 2.45) is 4.99 Å². The van der Waals surface area contributed by atoms with Gasteiger partial charge in [-0.05, 0) is 30.2 Å². The summed E-state index contributed by atoms with van der Waals surface area (Å²) in [5.41, 5.74) is 3.58. The molecule has 0 bridgehead atoms. The summed E-state index contributed by atoms with van der Waals surface area (Å²) < 4.78 is 0. The third-order valence-corrected chi connectivity index (χ3v) is 6.96. The van der Waals surface area contributed by atoms with E-state index >= 15 is 0 Å². The van der Waals surface area contributed by atoms with E-state index in [0.29, 0.717) is 11.6 Å². The number of carbonyl (C=O) groups is 2. The van der Waals surface area contributed by atoms with E-state index < -0.39 is 18.2 Å². The number of nitrogens with zero attached hydrogens (tertiary/aromatic N) is 5. The summed E-state index contributed by atoms with van der Waals surface area (Å²) in [4.78, 5) is 38.2. The predicted octanol–water partition coefficient (Wildman–Crippen LogP) is 2.51. The van der Waals surface area contributed by atoms with Crippen molar-refractivity contribution in [3.63, 3.8) is 0 Å². The Morgan fingerprint density at radius 3 is 2.41 bits per heavy atom. The fourth-order valence-corrected chi connectivity index (χ4v) is 5.16. The van der Waals surface area contributed by atoms with Crippen LogP contribution in [0.5, 0.6) is 0 Å². The van der Waals surface area contributed by atoms with Crippen LogP contribution in [0.25, 0.3) is 0 Å². The number of urea groups is 1. The van der Waals surface area contributed by atoms with Gasteiger partial charge in [-0.3, -0.25) is 15.0 Å². The fourth-order valence-electron chi connectivity index (χ4n) is 4.95. The van der Waals surface area contributed by atoms with Crippen LogP contribution in [0.15, 0.2) is 53.5 Å². The Bertz CT molecular complexity index is 1130. The number of hydrogen-bond donors (Lipinski definition) is 1. The molecule has 3 aliphatic heterocycles. The lowest BCUT2D eigenvalue weighted by Crippen LogP contribution is -2.64. The lowest BCUT2D eigenvalue weighted by molar-refractivity contribution is -0.127. The molecule has 2 saturated heterocycles. The van der Waals surface area contributed by atoms with Crippen molar-refractivity contribution in [2.45, 2.75) is 32.2 Å². The number of imide groups is 1. The smallest absolute Gasteiger partial charge is 0.325 e. The molecule has 9 heteroatoms. The highest BCUT2D eigenvalue weighted by Crippen LogP contribution is 2.28. The topological polar surface area (TPSA) is 71.5 Å². The van der Waals surface area contributed by atoms with Crippen molar-refractivity contribution in [3.8, 4) is 0 Å². The van der Waals surface area contributed by atoms with Crippen LogP contribution in [0, 0.1) is 6.92 Å². The maximum absolute atomic E-state index is 12.9. The Labute approximate surface area is 204 Å². The maximum atomic E-state index is 12.9. The monoisotopic (exact) mass is 480 g/mol. The molecule has 0 spiro atoms. The molecule has 34 heavy (non-hydrogen) atoms. The number of benzene rings is 2. The van der Waals surface area contributed by atoms with Gasteiger partial charge in [0.15, 0.2) is 18.2 Å². The van der Waals surface area contributed by atoms with Crippen LogP contribution in [0.1, 0.15) is 16.7 Å². The van der Waals surface area contributed by atoms with Crippen molar-refractivity contribution in [3.05, 3.63) is 70.2 Å². The first-order valence-corrected chi connectivity index (χ1v) is 12.0. The van der Waals surface area contributed by atoms with E-state index in [-0.39, 0.29) is 5.91 Å². The third kappa shape index (κ3) is 4.48. The molecule has 0 aliphatic carbocycles.